The third-order valence-corrected chi connectivity index (χ3v) is 4.49. The summed E-state index contributed by atoms with van der Waals surface area (Å²) in [6.45, 7) is 2.65. The number of nitrogens with zero attached hydrogens (tertiary/aromatic N) is 1. The van der Waals surface area contributed by atoms with Gasteiger partial charge in [-0.15, -0.1) is 0 Å². The monoisotopic (exact) mass is 328 g/mol. The molecule has 122 valence electrons. The highest BCUT2D eigenvalue weighted by Gasteiger charge is 2.18. The van der Waals surface area contributed by atoms with Crippen LogP contribution in [-0.4, -0.2) is 44.8 Å². The van der Waals surface area contributed by atoms with Crippen molar-refractivity contribution in [3.05, 3.63) is 18.2 Å². The number of rotatable bonds is 7. The Hall–Kier alpha value is -1.80. The zero-order valence-corrected chi connectivity index (χ0v) is 13.5. The van der Waals surface area contributed by atoms with E-state index >= 15 is 0 Å². The first kappa shape index (κ1) is 16.6. The molecule has 1 amide bonds. The fourth-order valence-corrected chi connectivity index (χ4v) is 3.05. The Labute approximate surface area is 130 Å². The summed E-state index contributed by atoms with van der Waals surface area (Å²) < 4.78 is 34.9. The highest BCUT2D eigenvalue weighted by molar-refractivity contribution is 7.88. The van der Waals surface area contributed by atoms with Crippen molar-refractivity contribution >= 4 is 21.6 Å². The number of amides is 1. The Kier molecular flexibility index (Phi) is 5.25. The summed E-state index contributed by atoms with van der Waals surface area (Å²) in [6, 6.07) is 5.12. The van der Waals surface area contributed by atoms with E-state index in [1.165, 1.54) is 4.31 Å². The molecule has 0 atom stereocenters. The Morgan fingerprint density at radius 1 is 1.27 bits per heavy atom. The second-order valence-corrected chi connectivity index (χ2v) is 7.01. The lowest BCUT2D eigenvalue weighted by Crippen LogP contribution is -2.33. The molecule has 0 spiro atoms. The lowest BCUT2D eigenvalue weighted by Gasteiger charge is -2.18. The first-order valence-corrected chi connectivity index (χ1v) is 8.89. The van der Waals surface area contributed by atoms with E-state index in [4.69, 9.17) is 9.47 Å². The van der Waals surface area contributed by atoms with Crippen LogP contribution in [-0.2, 0) is 14.8 Å². The normalized spacial score (nSPS) is 13.4. The Morgan fingerprint density at radius 2 is 2.00 bits per heavy atom. The molecule has 0 saturated carbocycles. The molecule has 1 aliphatic heterocycles. The van der Waals surface area contributed by atoms with Crippen LogP contribution in [0, 0.1) is 0 Å². The summed E-state index contributed by atoms with van der Waals surface area (Å²) in [6.07, 6.45) is 1.96. The van der Waals surface area contributed by atoms with Crippen LogP contribution >= 0.6 is 0 Å². The highest BCUT2D eigenvalue weighted by Crippen LogP contribution is 2.34. The van der Waals surface area contributed by atoms with Crippen LogP contribution in [0.5, 0.6) is 11.5 Å². The van der Waals surface area contributed by atoms with E-state index in [1.807, 2.05) is 6.92 Å². The van der Waals surface area contributed by atoms with E-state index in [2.05, 4.69) is 5.32 Å². The summed E-state index contributed by atoms with van der Waals surface area (Å²) in [5.41, 5.74) is 0.593. The molecule has 1 N–H and O–H groups in total. The van der Waals surface area contributed by atoms with Crippen molar-refractivity contribution in [2.24, 2.45) is 0 Å². The lowest BCUT2D eigenvalue weighted by atomic mass is 10.2. The van der Waals surface area contributed by atoms with Gasteiger partial charge in [0.05, 0.1) is 6.26 Å². The minimum atomic E-state index is -3.29. The number of carbonyl (C=O) groups is 1. The number of benzene rings is 1. The molecule has 1 aliphatic rings. The maximum Gasteiger partial charge on any atom is 0.231 e. The number of fused-ring (bicyclic) bond motifs is 1. The molecule has 1 aromatic carbocycles. The summed E-state index contributed by atoms with van der Waals surface area (Å²) in [4.78, 5) is 11.9. The average Bonchev–Trinajstić information content (AvgIpc) is 2.89. The first-order chi connectivity index (χ1) is 10.4. The molecule has 1 heterocycles. The molecule has 0 aromatic heterocycles. The third kappa shape index (κ3) is 4.35. The lowest BCUT2D eigenvalue weighted by molar-refractivity contribution is -0.116. The molecule has 0 aliphatic carbocycles. The molecular formula is C14H20N2O5S. The van der Waals surface area contributed by atoms with Crippen LogP contribution in [0.2, 0.25) is 0 Å². The van der Waals surface area contributed by atoms with E-state index < -0.39 is 10.0 Å². The first-order valence-electron chi connectivity index (χ1n) is 7.05. The minimum Gasteiger partial charge on any atom is -0.454 e. The van der Waals surface area contributed by atoms with Gasteiger partial charge in [-0.3, -0.25) is 4.79 Å². The summed E-state index contributed by atoms with van der Waals surface area (Å²) in [7, 11) is -3.29. The van der Waals surface area contributed by atoms with Crippen LogP contribution in [0.25, 0.3) is 0 Å². The van der Waals surface area contributed by atoms with Gasteiger partial charge < -0.3 is 14.8 Å². The van der Waals surface area contributed by atoms with Gasteiger partial charge in [-0.1, -0.05) is 6.92 Å². The summed E-state index contributed by atoms with van der Waals surface area (Å²) >= 11 is 0. The Morgan fingerprint density at radius 3 is 2.68 bits per heavy atom. The van der Waals surface area contributed by atoms with E-state index in [9.17, 15) is 13.2 Å². The molecule has 2 rings (SSSR count). The van der Waals surface area contributed by atoms with Gasteiger partial charge in [-0.05, 0) is 18.6 Å². The topological polar surface area (TPSA) is 84.9 Å². The third-order valence-electron chi connectivity index (χ3n) is 3.19. The van der Waals surface area contributed by atoms with Crippen LogP contribution < -0.4 is 14.8 Å². The van der Waals surface area contributed by atoms with Gasteiger partial charge in [-0.25, -0.2) is 12.7 Å². The Bertz CT molecular complexity index is 645. The van der Waals surface area contributed by atoms with Crippen molar-refractivity contribution < 1.29 is 22.7 Å². The smallest absolute Gasteiger partial charge is 0.231 e. The molecule has 0 unspecified atom stereocenters. The molecule has 0 fully saturated rings. The van der Waals surface area contributed by atoms with Crippen LogP contribution in [0.3, 0.4) is 0 Å². The number of anilines is 1. The molecule has 0 saturated heterocycles. The van der Waals surface area contributed by atoms with Crippen LogP contribution in [0.4, 0.5) is 5.69 Å². The van der Waals surface area contributed by atoms with Crippen molar-refractivity contribution in [3.8, 4) is 11.5 Å². The molecule has 0 bridgehead atoms. The van der Waals surface area contributed by atoms with Gasteiger partial charge >= 0.3 is 0 Å². The number of sulfonamides is 1. The zero-order valence-electron chi connectivity index (χ0n) is 12.7. The van der Waals surface area contributed by atoms with Crippen molar-refractivity contribution in [2.75, 3.05) is 31.5 Å². The number of ether oxygens (including phenoxy) is 2. The molecular weight excluding hydrogens is 308 g/mol. The highest BCUT2D eigenvalue weighted by atomic mass is 32.2. The average molecular weight is 328 g/mol. The van der Waals surface area contributed by atoms with Crippen LogP contribution in [0.1, 0.15) is 19.8 Å². The molecule has 0 radical (unpaired) electrons. The fraction of sp³-hybridized carbons (Fsp3) is 0.500. The summed E-state index contributed by atoms with van der Waals surface area (Å²) in [5, 5.41) is 2.72. The van der Waals surface area contributed by atoms with E-state index in [-0.39, 0.29) is 25.7 Å². The molecule has 7 nitrogen and oxygen atoms in total. The quantitative estimate of drug-likeness (QED) is 0.818. The Balaban J connectivity index is 1.90. The van der Waals surface area contributed by atoms with Crippen molar-refractivity contribution in [3.63, 3.8) is 0 Å². The van der Waals surface area contributed by atoms with Gasteiger partial charge in [0.25, 0.3) is 0 Å². The summed E-state index contributed by atoms with van der Waals surface area (Å²) in [5.74, 6) is 0.981. The van der Waals surface area contributed by atoms with E-state index in [1.54, 1.807) is 18.2 Å². The van der Waals surface area contributed by atoms with Crippen LogP contribution in [0.15, 0.2) is 18.2 Å². The number of hydrogen-bond donors (Lipinski definition) is 1. The van der Waals surface area contributed by atoms with E-state index in [0.29, 0.717) is 30.2 Å². The largest absolute Gasteiger partial charge is 0.454 e. The van der Waals surface area contributed by atoms with Crippen molar-refractivity contribution in [2.45, 2.75) is 19.8 Å². The zero-order chi connectivity index (χ0) is 16.2. The van der Waals surface area contributed by atoms with Gasteiger partial charge in [0.15, 0.2) is 11.5 Å². The number of nitrogens with one attached hydrogen (secondary N) is 1. The standard InChI is InChI=1S/C14H20N2O5S/c1-3-7-16(22(2,18)19)8-6-14(17)15-11-4-5-12-13(9-11)21-10-20-12/h4-5,9H,3,6-8,10H2,1-2H3,(H,15,17). The number of carbonyl (C=O) groups excluding carboxylic acids is 1. The molecule has 22 heavy (non-hydrogen) atoms. The second kappa shape index (κ2) is 6.97. The molecule has 1 aromatic rings. The number of hydrogen-bond acceptors (Lipinski definition) is 5. The predicted octanol–water partition coefficient (Wildman–Crippen LogP) is 1.42. The van der Waals surface area contributed by atoms with Gasteiger partial charge in [0, 0.05) is 31.3 Å². The second-order valence-electron chi connectivity index (χ2n) is 5.03. The van der Waals surface area contributed by atoms with Gasteiger partial charge in [0.1, 0.15) is 0 Å². The van der Waals surface area contributed by atoms with E-state index in [0.717, 1.165) is 6.26 Å². The van der Waals surface area contributed by atoms with Crippen molar-refractivity contribution in [1.82, 2.24) is 4.31 Å². The maximum atomic E-state index is 11.9. The maximum absolute atomic E-state index is 11.9. The van der Waals surface area contributed by atoms with Gasteiger partial charge in [-0.2, -0.15) is 0 Å². The van der Waals surface area contributed by atoms with Gasteiger partial charge in [0.2, 0.25) is 22.7 Å². The minimum absolute atomic E-state index is 0.0987. The van der Waals surface area contributed by atoms with Crippen molar-refractivity contribution in [1.29, 1.82) is 0 Å². The SMILES string of the molecule is CCCN(CCC(=O)Nc1ccc2c(c1)OCO2)S(C)(=O)=O. The molecule has 8 heteroatoms. The predicted molar refractivity (Wildman–Crippen MR) is 82.5 cm³/mol. The fourth-order valence-electron chi connectivity index (χ4n) is 2.12.